The molecule has 0 aliphatic rings. The highest BCUT2D eigenvalue weighted by atomic mass is 79.9. The van der Waals surface area contributed by atoms with E-state index in [1.807, 2.05) is 10.7 Å². The monoisotopic (exact) mass is 581 g/mol. The maximum atomic E-state index is 12.9. The Morgan fingerprint density at radius 3 is 2.28 bits per heavy atom. The molecule has 0 saturated heterocycles. The van der Waals surface area contributed by atoms with Crippen LogP contribution in [-0.2, 0) is 15.8 Å². The number of carbonyl (C=O) groups is 3. The molecule has 3 rings (SSSR count). The SMILES string of the molecule is C/C(=N\NC(=O)C(=O)Nc1cc(C(F)(F)F)ccc1Cl)c1ccc(OC(=O)c2ccccc2Br)cc1. The normalized spacial score (nSPS) is 11.6. The molecule has 12 heteroatoms. The summed E-state index contributed by atoms with van der Waals surface area (Å²) in [6, 6.07) is 15.3. The number of nitrogens with one attached hydrogen (secondary N) is 2. The summed E-state index contributed by atoms with van der Waals surface area (Å²) in [5.74, 6) is -2.77. The Bertz CT molecular complexity index is 1350. The Morgan fingerprint density at radius 2 is 1.64 bits per heavy atom. The van der Waals surface area contributed by atoms with Crippen molar-refractivity contribution in [2.45, 2.75) is 13.1 Å². The van der Waals surface area contributed by atoms with Gasteiger partial charge in [0.1, 0.15) is 5.75 Å². The van der Waals surface area contributed by atoms with Crippen LogP contribution in [0.25, 0.3) is 0 Å². The number of esters is 1. The number of carbonyl (C=O) groups excluding carboxylic acids is 3. The zero-order valence-corrected chi connectivity index (χ0v) is 20.7. The average Bonchev–Trinajstić information content (AvgIpc) is 2.83. The van der Waals surface area contributed by atoms with Crippen LogP contribution < -0.4 is 15.5 Å². The van der Waals surface area contributed by atoms with Gasteiger partial charge in [0.2, 0.25) is 0 Å². The van der Waals surface area contributed by atoms with E-state index in [-0.39, 0.29) is 16.5 Å². The summed E-state index contributed by atoms with van der Waals surface area (Å²) in [5.41, 5.74) is 1.80. The molecule has 0 aliphatic carbocycles. The number of alkyl halides is 3. The Morgan fingerprint density at radius 1 is 0.972 bits per heavy atom. The van der Waals surface area contributed by atoms with Crippen molar-refractivity contribution >= 4 is 56.7 Å². The molecule has 0 radical (unpaired) electrons. The van der Waals surface area contributed by atoms with Gasteiger partial charge >= 0.3 is 24.0 Å². The Kier molecular flexibility index (Phi) is 8.49. The van der Waals surface area contributed by atoms with E-state index in [1.165, 1.54) is 12.1 Å². The Hall–Kier alpha value is -3.70. The number of hydrogen-bond acceptors (Lipinski definition) is 5. The van der Waals surface area contributed by atoms with Gasteiger partial charge in [0, 0.05) is 4.47 Å². The van der Waals surface area contributed by atoms with Gasteiger partial charge in [0.15, 0.2) is 0 Å². The molecule has 0 saturated carbocycles. The first-order valence-corrected chi connectivity index (χ1v) is 11.2. The summed E-state index contributed by atoms with van der Waals surface area (Å²) in [4.78, 5) is 36.4. The second kappa shape index (κ2) is 11.4. The summed E-state index contributed by atoms with van der Waals surface area (Å²) in [7, 11) is 0. The minimum absolute atomic E-state index is 0.177. The van der Waals surface area contributed by atoms with E-state index in [2.05, 4.69) is 21.0 Å². The van der Waals surface area contributed by atoms with Crippen LogP contribution in [0.4, 0.5) is 18.9 Å². The molecule has 2 amide bonds. The molecular weight excluding hydrogens is 567 g/mol. The first-order chi connectivity index (χ1) is 17.0. The summed E-state index contributed by atoms with van der Waals surface area (Å²) in [6.45, 7) is 1.55. The standard InChI is InChI=1S/C24H16BrClF3N3O4/c1-13(14-6-9-16(10-7-14)36-23(35)17-4-2-3-5-18(17)25)31-32-22(34)21(33)30-20-12-15(24(27,28)29)8-11-19(20)26/h2-12H,1H3,(H,30,33)(H,32,34)/b31-13+. The molecule has 7 nitrogen and oxygen atoms in total. The lowest BCUT2D eigenvalue weighted by atomic mass is 10.1. The summed E-state index contributed by atoms with van der Waals surface area (Å²) < 4.78 is 44.5. The lowest BCUT2D eigenvalue weighted by molar-refractivity contribution is -0.137. The lowest BCUT2D eigenvalue weighted by Crippen LogP contribution is -2.33. The average molecular weight is 583 g/mol. The highest BCUT2D eigenvalue weighted by molar-refractivity contribution is 9.10. The van der Waals surface area contributed by atoms with Gasteiger partial charge in [0.05, 0.1) is 27.5 Å². The smallest absolute Gasteiger partial charge is 0.416 e. The number of hydrazone groups is 1. The van der Waals surface area contributed by atoms with Crippen molar-refractivity contribution in [1.29, 1.82) is 0 Å². The van der Waals surface area contributed by atoms with Crippen LogP contribution in [-0.4, -0.2) is 23.5 Å². The van der Waals surface area contributed by atoms with Crippen LogP contribution >= 0.6 is 27.5 Å². The van der Waals surface area contributed by atoms with Gasteiger partial charge in [-0.05, 0) is 83.0 Å². The molecule has 0 heterocycles. The van der Waals surface area contributed by atoms with Gasteiger partial charge in [-0.2, -0.15) is 18.3 Å². The lowest BCUT2D eigenvalue weighted by Gasteiger charge is -2.11. The van der Waals surface area contributed by atoms with Crippen LogP contribution in [0.2, 0.25) is 5.02 Å². The Balaban J connectivity index is 1.61. The largest absolute Gasteiger partial charge is 0.423 e. The van der Waals surface area contributed by atoms with E-state index in [4.69, 9.17) is 16.3 Å². The van der Waals surface area contributed by atoms with Gasteiger partial charge in [-0.1, -0.05) is 23.7 Å². The van der Waals surface area contributed by atoms with Crippen molar-refractivity contribution in [2.24, 2.45) is 5.10 Å². The molecule has 36 heavy (non-hydrogen) atoms. The quantitative estimate of drug-likeness (QED) is 0.130. The van der Waals surface area contributed by atoms with Crippen molar-refractivity contribution in [3.05, 3.63) is 92.9 Å². The van der Waals surface area contributed by atoms with Gasteiger partial charge in [-0.25, -0.2) is 10.2 Å². The zero-order valence-electron chi connectivity index (χ0n) is 18.3. The minimum Gasteiger partial charge on any atom is -0.423 e. The van der Waals surface area contributed by atoms with Crippen molar-refractivity contribution in [1.82, 2.24) is 5.43 Å². The first kappa shape index (κ1) is 26.9. The van der Waals surface area contributed by atoms with E-state index in [0.717, 1.165) is 12.1 Å². The second-order valence-corrected chi connectivity index (χ2v) is 8.44. The van der Waals surface area contributed by atoms with Gasteiger partial charge in [-0.3, -0.25) is 9.59 Å². The highest BCUT2D eigenvalue weighted by Gasteiger charge is 2.31. The van der Waals surface area contributed by atoms with Gasteiger partial charge in [-0.15, -0.1) is 0 Å². The van der Waals surface area contributed by atoms with E-state index >= 15 is 0 Å². The number of anilines is 1. The first-order valence-electron chi connectivity index (χ1n) is 10.0. The van der Waals surface area contributed by atoms with Crippen LogP contribution in [0.5, 0.6) is 5.75 Å². The van der Waals surface area contributed by atoms with Gasteiger partial charge in [0.25, 0.3) is 0 Å². The molecule has 0 unspecified atom stereocenters. The molecule has 3 aromatic carbocycles. The number of benzene rings is 3. The van der Waals surface area contributed by atoms with E-state index < -0.39 is 29.5 Å². The number of ether oxygens (including phenoxy) is 1. The number of halogens is 5. The van der Waals surface area contributed by atoms with E-state index in [1.54, 1.807) is 43.3 Å². The number of rotatable bonds is 5. The fourth-order valence-corrected chi connectivity index (χ4v) is 3.39. The second-order valence-electron chi connectivity index (χ2n) is 7.18. The predicted molar refractivity (Wildman–Crippen MR) is 131 cm³/mol. The number of nitrogens with zero attached hydrogens (tertiary/aromatic N) is 1. The van der Waals surface area contributed by atoms with E-state index in [0.29, 0.717) is 27.4 Å². The van der Waals surface area contributed by atoms with Crippen LogP contribution in [0.15, 0.2) is 76.3 Å². The Labute approximate surface area is 216 Å². The summed E-state index contributed by atoms with van der Waals surface area (Å²) in [5, 5.41) is 5.66. The molecule has 3 aromatic rings. The number of amides is 2. The molecule has 2 N–H and O–H groups in total. The molecule has 0 aliphatic heterocycles. The van der Waals surface area contributed by atoms with Crippen LogP contribution in [0, 0.1) is 0 Å². The molecule has 0 aromatic heterocycles. The van der Waals surface area contributed by atoms with Crippen molar-refractivity contribution in [3.63, 3.8) is 0 Å². The predicted octanol–water partition coefficient (Wildman–Crippen LogP) is 5.82. The summed E-state index contributed by atoms with van der Waals surface area (Å²) >= 11 is 9.10. The molecule has 0 spiro atoms. The third-order valence-electron chi connectivity index (χ3n) is 4.65. The van der Waals surface area contributed by atoms with E-state index in [9.17, 15) is 27.6 Å². The van der Waals surface area contributed by atoms with Crippen molar-refractivity contribution < 1.29 is 32.3 Å². The molecule has 0 bridgehead atoms. The fourth-order valence-electron chi connectivity index (χ4n) is 2.78. The molecule has 0 atom stereocenters. The third kappa shape index (κ3) is 6.92. The van der Waals surface area contributed by atoms with Gasteiger partial charge < -0.3 is 10.1 Å². The van der Waals surface area contributed by atoms with Crippen LogP contribution in [0.3, 0.4) is 0 Å². The van der Waals surface area contributed by atoms with Crippen molar-refractivity contribution in [3.8, 4) is 5.75 Å². The molecular formula is C24H16BrClF3N3O4. The highest BCUT2D eigenvalue weighted by Crippen LogP contribution is 2.33. The number of hydrogen-bond donors (Lipinski definition) is 2. The minimum atomic E-state index is -4.65. The summed E-state index contributed by atoms with van der Waals surface area (Å²) in [6.07, 6.45) is -4.65. The molecule has 0 fully saturated rings. The maximum absolute atomic E-state index is 12.9. The topological polar surface area (TPSA) is 96.9 Å². The van der Waals surface area contributed by atoms with Crippen LogP contribution in [0.1, 0.15) is 28.4 Å². The molecule has 186 valence electrons. The zero-order chi connectivity index (χ0) is 26.5. The third-order valence-corrected chi connectivity index (χ3v) is 5.67. The maximum Gasteiger partial charge on any atom is 0.416 e. The van der Waals surface area contributed by atoms with Crippen molar-refractivity contribution in [2.75, 3.05) is 5.32 Å². The fraction of sp³-hybridized carbons (Fsp3) is 0.0833.